The molecule has 4 heteroatoms. The summed E-state index contributed by atoms with van der Waals surface area (Å²) in [6, 6.07) is 3.40. The highest BCUT2D eigenvalue weighted by Crippen LogP contribution is 2.16. The fourth-order valence-electron chi connectivity index (χ4n) is 1.26. The van der Waals surface area contributed by atoms with Crippen LogP contribution in [-0.4, -0.2) is 13.2 Å². The van der Waals surface area contributed by atoms with Crippen LogP contribution in [0.3, 0.4) is 0 Å². The van der Waals surface area contributed by atoms with Crippen LogP contribution in [0.5, 0.6) is 0 Å². The molecular formula is C11H15F2NO. The van der Waals surface area contributed by atoms with E-state index in [4.69, 9.17) is 10.5 Å². The van der Waals surface area contributed by atoms with Crippen LogP contribution in [0.2, 0.25) is 0 Å². The topological polar surface area (TPSA) is 35.2 Å². The highest BCUT2D eigenvalue weighted by molar-refractivity contribution is 5.20. The van der Waals surface area contributed by atoms with Gasteiger partial charge in [0, 0.05) is 19.3 Å². The maximum absolute atomic E-state index is 12.9. The van der Waals surface area contributed by atoms with Gasteiger partial charge in [-0.25, -0.2) is 8.78 Å². The van der Waals surface area contributed by atoms with Gasteiger partial charge in [0.2, 0.25) is 0 Å². The zero-order valence-electron chi connectivity index (χ0n) is 8.67. The minimum absolute atomic E-state index is 0.313. The molecule has 2 nitrogen and oxygen atoms in total. The van der Waals surface area contributed by atoms with Gasteiger partial charge in [0.15, 0.2) is 11.6 Å². The Morgan fingerprint density at radius 1 is 1.33 bits per heavy atom. The molecule has 0 aliphatic carbocycles. The van der Waals surface area contributed by atoms with E-state index in [1.54, 1.807) is 0 Å². The van der Waals surface area contributed by atoms with E-state index in [2.05, 4.69) is 0 Å². The first-order valence-electron chi connectivity index (χ1n) is 4.93. The summed E-state index contributed by atoms with van der Waals surface area (Å²) >= 11 is 0. The number of nitrogens with two attached hydrogens (primary N) is 1. The highest BCUT2D eigenvalue weighted by Gasteiger charge is 2.09. The van der Waals surface area contributed by atoms with E-state index in [0.29, 0.717) is 25.2 Å². The summed E-state index contributed by atoms with van der Waals surface area (Å²) < 4.78 is 30.6. The summed E-state index contributed by atoms with van der Waals surface area (Å²) in [4.78, 5) is 0. The molecule has 15 heavy (non-hydrogen) atoms. The van der Waals surface area contributed by atoms with Gasteiger partial charge in [0.25, 0.3) is 0 Å². The molecule has 1 rings (SSSR count). The van der Waals surface area contributed by atoms with Crippen molar-refractivity contribution in [2.45, 2.75) is 19.4 Å². The molecule has 0 saturated carbocycles. The predicted molar refractivity (Wildman–Crippen MR) is 54.4 cm³/mol. The molecule has 0 bridgehead atoms. The lowest BCUT2D eigenvalue weighted by molar-refractivity contribution is 0.140. The smallest absolute Gasteiger partial charge is 0.159 e. The molecule has 2 N–H and O–H groups in total. The van der Waals surface area contributed by atoms with Crippen LogP contribution in [-0.2, 0) is 4.74 Å². The first-order chi connectivity index (χ1) is 7.15. The van der Waals surface area contributed by atoms with Crippen LogP contribution < -0.4 is 5.73 Å². The first kappa shape index (κ1) is 12.1. The Bertz CT molecular complexity index is 317. The molecule has 84 valence electrons. The van der Waals surface area contributed by atoms with Gasteiger partial charge >= 0.3 is 0 Å². The van der Waals surface area contributed by atoms with Crippen molar-refractivity contribution in [2.75, 3.05) is 13.2 Å². The third kappa shape index (κ3) is 3.57. The molecule has 0 saturated heterocycles. The van der Waals surface area contributed by atoms with Gasteiger partial charge in [-0.1, -0.05) is 6.07 Å². The van der Waals surface area contributed by atoms with Gasteiger partial charge in [0.05, 0.1) is 0 Å². The molecule has 0 amide bonds. The van der Waals surface area contributed by atoms with E-state index in [1.807, 2.05) is 6.92 Å². The molecule has 1 aromatic rings. The summed E-state index contributed by atoms with van der Waals surface area (Å²) in [7, 11) is 0. The number of rotatable bonds is 5. The van der Waals surface area contributed by atoms with E-state index < -0.39 is 11.6 Å². The minimum Gasteiger partial charge on any atom is -0.382 e. The SMILES string of the molecule is CCOCCC(N)c1ccc(F)c(F)c1. The molecule has 1 aromatic carbocycles. The molecule has 0 spiro atoms. The molecule has 1 unspecified atom stereocenters. The third-order valence-corrected chi connectivity index (χ3v) is 2.15. The maximum Gasteiger partial charge on any atom is 0.159 e. The van der Waals surface area contributed by atoms with Gasteiger partial charge < -0.3 is 10.5 Å². The van der Waals surface area contributed by atoms with Gasteiger partial charge in [-0.3, -0.25) is 0 Å². The zero-order chi connectivity index (χ0) is 11.3. The Balaban J connectivity index is 2.57. The van der Waals surface area contributed by atoms with E-state index in [0.717, 1.165) is 12.1 Å². The van der Waals surface area contributed by atoms with E-state index in [9.17, 15) is 8.78 Å². The van der Waals surface area contributed by atoms with Gasteiger partial charge in [-0.05, 0) is 31.0 Å². The molecule has 0 aromatic heterocycles. The lowest BCUT2D eigenvalue weighted by Crippen LogP contribution is -2.13. The average molecular weight is 215 g/mol. The first-order valence-corrected chi connectivity index (χ1v) is 4.93. The minimum atomic E-state index is -0.862. The maximum atomic E-state index is 12.9. The van der Waals surface area contributed by atoms with E-state index >= 15 is 0 Å². The Labute approximate surface area is 88.0 Å². The van der Waals surface area contributed by atoms with Crippen molar-refractivity contribution in [2.24, 2.45) is 5.73 Å². The Morgan fingerprint density at radius 2 is 2.07 bits per heavy atom. The Kier molecular flexibility index (Phi) is 4.65. The predicted octanol–water partition coefficient (Wildman–Crippen LogP) is 2.39. The molecule has 1 atom stereocenters. The second-order valence-electron chi connectivity index (χ2n) is 3.27. The van der Waals surface area contributed by atoms with Crippen molar-refractivity contribution in [1.29, 1.82) is 0 Å². The summed E-state index contributed by atoms with van der Waals surface area (Å²) in [6.07, 6.45) is 0.596. The highest BCUT2D eigenvalue weighted by atomic mass is 19.2. The fraction of sp³-hybridized carbons (Fsp3) is 0.455. The molecule has 0 aliphatic heterocycles. The standard InChI is InChI=1S/C11H15F2NO/c1-2-15-6-5-11(14)8-3-4-9(12)10(13)7-8/h3-4,7,11H,2,5-6,14H2,1H3. The molecule has 0 fully saturated rings. The van der Waals surface area contributed by atoms with Gasteiger partial charge in [0.1, 0.15) is 0 Å². The number of halogens is 2. The summed E-state index contributed by atoms with van der Waals surface area (Å²) in [5.41, 5.74) is 6.38. The fourth-order valence-corrected chi connectivity index (χ4v) is 1.26. The van der Waals surface area contributed by atoms with Crippen molar-refractivity contribution in [3.8, 4) is 0 Å². The second-order valence-corrected chi connectivity index (χ2v) is 3.27. The lowest BCUT2D eigenvalue weighted by Gasteiger charge is -2.11. The molecule has 0 aliphatic rings. The van der Waals surface area contributed by atoms with Crippen LogP contribution in [0.4, 0.5) is 8.78 Å². The van der Waals surface area contributed by atoms with Crippen LogP contribution in [0.25, 0.3) is 0 Å². The van der Waals surface area contributed by atoms with E-state index in [-0.39, 0.29) is 6.04 Å². The summed E-state index contributed by atoms with van der Waals surface area (Å²) in [6.45, 7) is 3.05. The quantitative estimate of drug-likeness (QED) is 0.765. The van der Waals surface area contributed by atoms with Crippen molar-refractivity contribution in [3.63, 3.8) is 0 Å². The zero-order valence-corrected chi connectivity index (χ0v) is 8.67. The van der Waals surface area contributed by atoms with Crippen molar-refractivity contribution in [3.05, 3.63) is 35.4 Å². The summed E-state index contributed by atoms with van der Waals surface area (Å²) in [5, 5.41) is 0. The second kappa shape index (κ2) is 5.78. The van der Waals surface area contributed by atoms with E-state index in [1.165, 1.54) is 6.07 Å². The third-order valence-electron chi connectivity index (χ3n) is 2.15. The van der Waals surface area contributed by atoms with Crippen LogP contribution in [0.1, 0.15) is 24.9 Å². The Morgan fingerprint density at radius 3 is 2.67 bits per heavy atom. The lowest BCUT2D eigenvalue weighted by atomic mass is 10.1. The van der Waals surface area contributed by atoms with Crippen LogP contribution in [0, 0.1) is 11.6 Å². The molecule has 0 radical (unpaired) electrons. The monoisotopic (exact) mass is 215 g/mol. The van der Waals surface area contributed by atoms with Crippen LogP contribution >= 0.6 is 0 Å². The number of hydrogen-bond donors (Lipinski definition) is 1. The van der Waals surface area contributed by atoms with Crippen molar-refractivity contribution in [1.82, 2.24) is 0 Å². The van der Waals surface area contributed by atoms with Gasteiger partial charge in [-0.15, -0.1) is 0 Å². The summed E-state index contributed by atoms with van der Waals surface area (Å²) in [5.74, 6) is -1.71. The number of benzene rings is 1. The molecular weight excluding hydrogens is 200 g/mol. The average Bonchev–Trinajstić information content (AvgIpc) is 2.22. The largest absolute Gasteiger partial charge is 0.382 e. The van der Waals surface area contributed by atoms with Gasteiger partial charge in [-0.2, -0.15) is 0 Å². The van der Waals surface area contributed by atoms with Crippen molar-refractivity contribution >= 4 is 0 Å². The number of hydrogen-bond acceptors (Lipinski definition) is 2. The molecule has 0 heterocycles. The Hall–Kier alpha value is -1.00. The number of ether oxygens (including phenoxy) is 1. The van der Waals surface area contributed by atoms with Crippen LogP contribution in [0.15, 0.2) is 18.2 Å². The van der Waals surface area contributed by atoms with Crippen molar-refractivity contribution < 1.29 is 13.5 Å². The normalized spacial score (nSPS) is 12.8.